The van der Waals surface area contributed by atoms with E-state index >= 15 is 0 Å². The van der Waals surface area contributed by atoms with Crippen molar-refractivity contribution in [2.45, 2.75) is 29.1 Å². The van der Waals surface area contributed by atoms with Crippen LogP contribution in [-0.4, -0.2) is 53.8 Å². The summed E-state index contributed by atoms with van der Waals surface area (Å²) in [6, 6.07) is 14.4. The van der Waals surface area contributed by atoms with Crippen molar-refractivity contribution in [3.8, 4) is 5.75 Å². The third kappa shape index (κ3) is 5.40. The van der Waals surface area contributed by atoms with Gasteiger partial charge in [-0.25, -0.2) is 21.2 Å². The maximum atomic E-state index is 13.8. The number of halogens is 2. The van der Waals surface area contributed by atoms with E-state index in [1.807, 2.05) is 0 Å². The van der Waals surface area contributed by atoms with Crippen LogP contribution in [0.15, 0.2) is 70.5 Å². The first kappa shape index (κ1) is 28.3. The third-order valence-electron chi connectivity index (χ3n) is 7.18. The zero-order valence-corrected chi connectivity index (χ0v) is 23.9. The molecule has 13 heteroatoms. The topological polar surface area (TPSA) is 113 Å². The smallest absolute Gasteiger partial charge is 0.264 e. The van der Waals surface area contributed by atoms with Gasteiger partial charge in [0.25, 0.3) is 10.0 Å². The first-order valence-electron chi connectivity index (χ1n) is 12.6. The summed E-state index contributed by atoms with van der Waals surface area (Å²) >= 11 is 5.91. The molecule has 0 unspecified atom stereocenters. The summed E-state index contributed by atoms with van der Waals surface area (Å²) < 4.78 is 74.3. The average molecular weight is 608 g/mol. The van der Waals surface area contributed by atoms with Crippen molar-refractivity contribution in [1.82, 2.24) is 4.31 Å². The van der Waals surface area contributed by atoms with Crippen LogP contribution < -0.4 is 14.4 Å². The molecule has 9 nitrogen and oxygen atoms in total. The number of carbonyl (C=O) groups excluding carboxylic acids is 1. The van der Waals surface area contributed by atoms with Gasteiger partial charge < -0.3 is 10.1 Å². The van der Waals surface area contributed by atoms with Crippen LogP contribution in [0.3, 0.4) is 0 Å². The average Bonchev–Trinajstić information content (AvgIpc) is 3.37. The van der Waals surface area contributed by atoms with Crippen LogP contribution in [0.2, 0.25) is 5.02 Å². The molecule has 3 aromatic carbocycles. The van der Waals surface area contributed by atoms with E-state index in [2.05, 4.69) is 5.32 Å². The van der Waals surface area contributed by atoms with Crippen LogP contribution in [0.1, 0.15) is 18.4 Å². The summed E-state index contributed by atoms with van der Waals surface area (Å²) in [6.45, 7) is 0.440. The van der Waals surface area contributed by atoms with E-state index in [9.17, 15) is 26.0 Å². The largest absolute Gasteiger partial charge is 0.495 e. The monoisotopic (exact) mass is 607 g/mol. The minimum absolute atomic E-state index is 0.0463. The molecule has 2 heterocycles. The normalized spacial score (nSPS) is 16.5. The van der Waals surface area contributed by atoms with Crippen molar-refractivity contribution in [2.24, 2.45) is 5.92 Å². The number of hydrogen-bond acceptors (Lipinski definition) is 6. The number of methoxy groups -OCH3 is 1. The van der Waals surface area contributed by atoms with Crippen molar-refractivity contribution in [1.29, 1.82) is 0 Å². The second kappa shape index (κ2) is 11.0. The van der Waals surface area contributed by atoms with Gasteiger partial charge in [0.05, 0.1) is 17.7 Å². The van der Waals surface area contributed by atoms with Crippen LogP contribution in [-0.2, 0) is 31.3 Å². The number of amides is 1. The number of benzene rings is 3. The fourth-order valence-electron chi connectivity index (χ4n) is 5.00. The molecule has 0 aromatic heterocycles. The fourth-order valence-corrected chi connectivity index (χ4v) is 8.26. The highest BCUT2D eigenvalue weighted by atomic mass is 35.5. The summed E-state index contributed by atoms with van der Waals surface area (Å²) in [6.07, 6.45) is 1.08. The van der Waals surface area contributed by atoms with E-state index < -0.39 is 31.8 Å². The van der Waals surface area contributed by atoms with E-state index in [-0.39, 0.29) is 53.9 Å². The fraction of sp³-hybridized carbons (Fsp3) is 0.296. The zero-order valence-electron chi connectivity index (χ0n) is 21.5. The van der Waals surface area contributed by atoms with E-state index in [1.165, 1.54) is 46.1 Å². The molecule has 0 radical (unpaired) electrons. The lowest BCUT2D eigenvalue weighted by atomic mass is 9.97. The van der Waals surface area contributed by atoms with Crippen LogP contribution in [0.25, 0.3) is 0 Å². The van der Waals surface area contributed by atoms with Gasteiger partial charge in [-0.05, 0) is 79.4 Å². The maximum absolute atomic E-state index is 13.8. The number of nitrogens with zero attached hydrogens (tertiary/aromatic N) is 2. The molecule has 1 amide bonds. The van der Waals surface area contributed by atoms with Crippen molar-refractivity contribution in [3.05, 3.63) is 77.1 Å². The number of piperidine rings is 1. The molecule has 0 atom stereocenters. The van der Waals surface area contributed by atoms with Crippen LogP contribution >= 0.6 is 11.6 Å². The predicted octanol–water partition coefficient (Wildman–Crippen LogP) is 4.28. The Morgan fingerprint density at radius 3 is 2.33 bits per heavy atom. The van der Waals surface area contributed by atoms with E-state index in [1.54, 1.807) is 18.2 Å². The van der Waals surface area contributed by atoms with Gasteiger partial charge >= 0.3 is 0 Å². The highest BCUT2D eigenvalue weighted by Gasteiger charge is 2.35. The summed E-state index contributed by atoms with van der Waals surface area (Å²) in [5, 5.41) is 3.29. The Labute approximate surface area is 237 Å². The first-order chi connectivity index (χ1) is 19.0. The molecular weight excluding hydrogens is 581 g/mol. The highest BCUT2D eigenvalue weighted by molar-refractivity contribution is 7.92. The van der Waals surface area contributed by atoms with Crippen LogP contribution in [0.4, 0.5) is 15.8 Å². The second-order valence-electron chi connectivity index (χ2n) is 9.59. The molecule has 212 valence electrons. The van der Waals surface area contributed by atoms with Gasteiger partial charge in [-0.2, -0.15) is 4.31 Å². The Kier molecular flexibility index (Phi) is 7.79. The van der Waals surface area contributed by atoms with Crippen molar-refractivity contribution in [2.75, 3.05) is 36.4 Å². The van der Waals surface area contributed by atoms with Gasteiger partial charge in [0, 0.05) is 36.3 Å². The van der Waals surface area contributed by atoms with Crippen LogP contribution in [0.5, 0.6) is 5.75 Å². The third-order valence-corrected chi connectivity index (χ3v) is 11.2. The molecule has 1 saturated heterocycles. The highest BCUT2D eigenvalue weighted by Crippen LogP contribution is 2.36. The van der Waals surface area contributed by atoms with Gasteiger partial charge in [0.15, 0.2) is 0 Å². The molecule has 3 aromatic rings. The van der Waals surface area contributed by atoms with E-state index in [4.69, 9.17) is 16.3 Å². The summed E-state index contributed by atoms with van der Waals surface area (Å²) in [4.78, 5) is 12.9. The Morgan fingerprint density at radius 1 is 0.950 bits per heavy atom. The number of hydrogen-bond donors (Lipinski definition) is 1. The lowest BCUT2D eigenvalue weighted by Gasteiger charge is -2.31. The van der Waals surface area contributed by atoms with Gasteiger partial charge in [-0.15, -0.1) is 0 Å². The number of nitrogens with one attached hydrogen (secondary N) is 1. The Hall–Kier alpha value is -3.19. The maximum Gasteiger partial charge on any atom is 0.264 e. The van der Waals surface area contributed by atoms with Crippen molar-refractivity contribution in [3.63, 3.8) is 0 Å². The van der Waals surface area contributed by atoms with E-state index in [0.29, 0.717) is 22.8 Å². The molecular formula is C27H27ClFN3O6S2. The molecule has 0 spiro atoms. The van der Waals surface area contributed by atoms with Gasteiger partial charge in [-0.3, -0.25) is 9.10 Å². The molecule has 2 aliphatic heterocycles. The Balaban J connectivity index is 1.27. The molecule has 0 bridgehead atoms. The number of anilines is 2. The molecule has 40 heavy (non-hydrogen) atoms. The lowest BCUT2D eigenvalue weighted by molar-refractivity contribution is -0.120. The molecule has 2 aliphatic rings. The van der Waals surface area contributed by atoms with Crippen molar-refractivity contribution < 1.29 is 30.8 Å². The molecule has 1 fully saturated rings. The van der Waals surface area contributed by atoms with Gasteiger partial charge in [-0.1, -0.05) is 17.7 Å². The lowest BCUT2D eigenvalue weighted by Crippen LogP contribution is -2.41. The predicted molar refractivity (Wildman–Crippen MR) is 149 cm³/mol. The first-order valence-corrected chi connectivity index (χ1v) is 15.8. The molecule has 0 saturated carbocycles. The summed E-state index contributed by atoms with van der Waals surface area (Å²) in [5.41, 5.74) is 1.79. The number of rotatable bonds is 7. The molecule has 1 N–H and O–H groups in total. The minimum atomic E-state index is -4.02. The van der Waals surface area contributed by atoms with E-state index in [0.717, 1.165) is 17.7 Å². The number of carbonyl (C=O) groups is 1. The van der Waals surface area contributed by atoms with Gasteiger partial charge in [0.2, 0.25) is 15.9 Å². The quantitative estimate of drug-likeness (QED) is 0.429. The minimum Gasteiger partial charge on any atom is -0.495 e. The number of fused-ring (bicyclic) bond motifs is 1. The Morgan fingerprint density at radius 2 is 1.65 bits per heavy atom. The number of ether oxygens (including phenoxy) is 1. The SMILES string of the molecule is COc1ccc(F)cc1S(=O)(=O)N1CCC(C(=O)Nc2ccc3c(c2)N(S(=O)(=O)c2ccc(Cl)cc2)CC3)CC1. The van der Waals surface area contributed by atoms with Crippen molar-refractivity contribution >= 4 is 48.9 Å². The standard InChI is InChI=1S/C27H27ClFN3O6S2/c1-38-25-9-5-21(29)16-26(25)40(36,37)31-13-10-19(11-14-31)27(33)30-22-6-2-18-12-15-32(24(18)17-22)39(34,35)23-7-3-20(28)4-8-23/h2-9,16-17,19H,10-15H2,1H3,(H,30,33). The Bertz CT molecular complexity index is 1660. The second-order valence-corrected chi connectivity index (χ2v) is 13.8. The van der Waals surface area contributed by atoms with Crippen LogP contribution in [0, 0.1) is 11.7 Å². The van der Waals surface area contributed by atoms with Gasteiger partial charge in [0.1, 0.15) is 16.5 Å². The number of sulfonamides is 2. The summed E-state index contributed by atoms with van der Waals surface area (Å²) in [7, 11) is -6.53. The summed E-state index contributed by atoms with van der Waals surface area (Å²) in [5.74, 6) is -1.39. The molecule has 5 rings (SSSR count). The zero-order chi connectivity index (χ0) is 28.7. The molecule has 0 aliphatic carbocycles.